The summed E-state index contributed by atoms with van der Waals surface area (Å²) in [7, 11) is 0. The lowest BCUT2D eigenvalue weighted by atomic mass is 10.3. The summed E-state index contributed by atoms with van der Waals surface area (Å²) in [6.07, 6.45) is 4.01. The van der Waals surface area contributed by atoms with Crippen molar-refractivity contribution in [2.75, 3.05) is 6.54 Å². The van der Waals surface area contributed by atoms with Gasteiger partial charge in [0.2, 0.25) is 0 Å². The highest BCUT2D eigenvalue weighted by molar-refractivity contribution is 6.04. The lowest BCUT2D eigenvalue weighted by molar-refractivity contribution is -0.138. The van der Waals surface area contributed by atoms with Crippen LogP contribution in [0.5, 0.6) is 0 Å². The first-order chi connectivity index (χ1) is 6.17. The molecule has 0 fully saturated rings. The number of hydrogen-bond acceptors (Lipinski definition) is 2. The van der Waals surface area contributed by atoms with E-state index in [1.165, 1.54) is 0 Å². The van der Waals surface area contributed by atoms with E-state index in [9.17, 15) is 9.59 Å². The average Bonchev–Trinajstić information content (AvgIpc) is 2.17. The van der Waals surface area contributed by atoms with Crippen molar-refractivity contribution in [3.8, 4) is 0 Å². The second-order valence-electron chi connectivity index (χ2n) is 2.59. The van der Waals surface area contributed by atoms with Gasteiger partial charge in [0, 0.05) is 6.54 Å². The van der Waals surface area contributed by atoms with E-state index in [2.05, 4.69) is 13.2 Å². The van der Waals surface area contributed by atoms with Crippen LogP contribution in [-0.2, 0) is 9.59 Å². The van der Waals surface area contributed by atoms with Crippen molar-refractivity contribution in [1.29, 1.82) is 0 Å². The topological polar surface area (TPSA) is 37.4 Å². The van der Waals surface area contributed by atoms with E-state index in [1.807, 2.05) is 6.92 Å². The predicted octanol–water partition coefficient (Wildman–Crippen LogP) is 1.51. The zero-order valence-electron chi connectivity index (χ0n) is 7.95. The van der Waals surface area contributed by atoms with Crippen LogP contribution in [0, 0.1) is 0 Å². The van der Waals surface area contributed by atoms with Gasteiger partial charge in [-0.25, -0.2) is 0 Å². The molecule has 3 heteroatoms. The van der Waals surface area contributed by atoms with Crippen LogP contribution in [0.4, 0.5) is 0 Å². The molecule has 0 unspecified atom stereocenters. The number of carbonyl (C=O) groups excluding carboxylic acids is 2. The van der Waals surface area contributed by atoms with Gasteiger partial charge in [-0.1, -0.05) is 26.5 Å². The molecule has 0 aliphatic rings. The Hall–Kier alpha value is -1.38. The van der Waals surface area contributed by atoms with Gasteiger partial charge in [-0.2, -0.15) is 0 Å². The summed E-state index contributed by atoms with van der Waals surface area (Å²) in [6, 6.07) is 0. The van der Waals surface area contributed by atoms with Crippen LogP contribution in [0.3, 0.4) is 0 Å². The molecule has 3 nitrogen and oxygen atoms in total. The summed E-state index contributed by atoms with van der Waals surface area (Å²) in [6.45, 7) is 9.09. The van der Waals surface area contributed by atoms with Crippen molar-refractivity contribution < 1.29 is 9.59 Å². The Bertz CT molecular complexity index is 201. The normalized spacial score (nSPS) is 9.00. The van der Waals surface area contributed by atoms with Crippen LogP contribution in [0.2, 0.25) is 0 Å². The van der Waals surface area contributed by atoms with Crippen molar-refractivity contribution in [2.45, 2.75) is 19.8 Å². The number of rotatable bonds is 5. The highest BCUT2D eigenvalue weighted by Crippen LogP contribution is 1.98. The zero-order valence-corrected chi connectivity index (χ0v) is 7.95. The van der Waals surface area contributed by atoms with Gasteiger partial charge < -0.3 is 0 Å². The molecule has 0 aliphatic heterocycles. The van der Waals surface area contributed by atoms with Gasteiger partial charge >= 0.3 is 0 Å². The van der Waals surface area contributed by atoms with Crippen LogP contribution >= 0.6 is 0 Å². The van der Waals surface area contributed by atoms with Crippen LogP contribution in [-0.4, -0.2) is 23.3 Å². The summed E-state index contributed by atoms with van der Waals surface area (Å²) < 4.78 is 0. The van der Waals surface area contributed by atoms with Gasteiger partial charge in [0.1, 0.15) is 0 Å². The molecule has 13 heavy (non-hydrogen) atoms. The Kier molecular flexibility index (Phi) is 5.52. The van der Waals surface area contributed by atoms with Gasteiger partial charge in [0.05, 0.1) is 0 Å². The second kappa shape index (κ2) is 6.17. The molecule has 0 aromatic heterocycles. The maximum Gasteiger partial charge on any atom is 0.252 e. The lowest BCUT2D eigenvalue weighted by Gasteiger charge is -2.16. The fourth-order valence-corrected chi connectivity index (χ4v) is 0.866. The maximum absolute atomic E-state index is 11.2. The van der Waals surface area contributed by atoms with Gasteiger partial charge in [0.15, 0.2) is 0 Å². The van der Waals surface area contributed by atoms with Gasteiger partial charge in [-0.15, -0.1) is 0 Å². The summed E-state index contributed by atoms with van der Waals surface area (Å²) >= 11 is 0. The average molecular weight is 181 g/mol. The number of amides is 2. The molecule has 0 rings (SSSR count). The summed E-state index contributed by atoms with van der Waals surface area (Å²) in [5, 5.41) is 0. The molecule has 72 valence electrons. The molecule has 0 N–H and O–H groups in total. The lowest BCUT2D eigenvalue weighted by Crippen LogP contribution is -2.35. The molecule has 0 aliphatic carbocycles. The van der Waals surface area contributed by atoms with Crippen LogP contribution in [0.15, 0.2) is 25.3 Å². The van der Waals surface area contributed by atoms with Gasteiger partial charge in [0.25, 0.3) is 11.8 Å². The molecule has 0 spiro atoms. The van der Waals surface area contributed by atoms with Crippen molar-refractivity contribution in [3.63, 3.8) is 0 Å². The minimum Gasteiger partial charge on any atom is -0.275 e. The first-order valence-electron chi connectivity index (χ1n) is 4.27. The Morgan fingerprint density at radius 1 is 1.23 bits per heavy atom. The molecule has 0 saturated carbocycles. The van der Waals surface area contributed by atoms with E-state index in [0.29, 0.717) is 6.54 Å². The Balaban J connectivity index is 4.35. The fraction of sp³-hybridized carbons (Fsp3) is 0.400. The highest BCUT2D eigenvalue weighted by atomic mass is 16.2. The van der Waals surface area contributed by atoms with Crippen LogP contribution in [0.25, 0.3) is 0 Å². The summed E-state index contributed by atoms with van der Waals surface area (Å²) in [5.41, 5.74) is 0. The maximum atomic E-state index is 11.2. The third-order valence-corrected chi connectivity index (χ3v) is 1.62. The second-order valence-corrected chi connectivity index (χ2v) is 2.59. The Morgan fingerprint density at radius 3 is 2.00 bits per heavy atom. The van der Waals surface area contributed by atoms with Crippen molar-refractivity contribution in [1.82, 2.24) is 4.90 Å². The number of unbranched alkanes of at least 4 members (excludes halogenated alkanes) is 1. The van der Waals surface area contributed by atoms with E-state index in [-0.39, 0.29) is 11.8 Å². The first kappa shape index (κ1) is 11.6. The number of carbonyl (C=O) groups is 2. The van der Waals surface area contributed by atoms with Crippen molar-refractivity contribution >= 4 is 11.8 Å². The largest absolute Gasteiger partial charge is 0.275 e. The van der Waals surface area contributed by atoms with Crippen LogP contribution < -0.4 is 0 Å². The minimum atomic E-state index is -0.363. The van der Waals surface area contributed by atoms with E-state index in [0.717, 1.165) is 29.9 Å². The number of imide groups is 1. The highest BCUT2D eigenvalue weighted by Gasteiger charge is 2.14. The van der Waals surface area contributed by atoms with Crippen molar-refractivity contribution in [2.24, 2.45) is 0 Å². The van der Waals surface area contributed by atoms with Gasteiger partial charge in [-0.05, 0) is 18.6 Å². The molecule has 0 aromatic rings. The van der Waals surface area contributed by atoms with E-state index < -0.39 is 0 Å². The van der Waals surface area contributed by atoms with Crippen LogP contribution in [0.1, 0.15) is 19.8 Å². The molecule has 0 radical (unpaired) electrons. The minimum absolute atomic E-state index is 0.363. The summed E-state index contributed by atoms with van der Waals surface area (Å²) in [4.78, 5) is 23.5. The standard InChI is InChI=1S/C10H15NO2/c1-4-7-8-11(9(12)5-2)10(13)6-3/h5-6H,2-4,7-8H2,1H3. The van der Waals surface area contributed by atoms with E-state index >= 15 is 0 Å². The molecular formula is C10H15NO2. The van der Waals surface area contributed by atoms with Gasteiger partial charge in [-0.3, -0.25) is 14.5 Å². The first-order valence-corrected chi connectivity index (χ1v) is 4.27. The predicted molar refractivity (Wildman–Crippen MR) is 52.0 cm³/mol. The molecule has 2 amide bonds. The molecule has 0 bridgehead atoms. The fourth-order valence-electron chi connectivity index (χ4n) is 0.866. The quantitative estimate of drug-likeness (QED) is 0.603. The summed E-state index contributed by atoms with van der Waals surface area (Å²) in [5.74, 6) is -0.725. The van der Waals surface area contributed by atoms with Crippen molar-refractivity contribution in [3.05, 3.63) is 25.3 Å². The Morgan fingerprint density at radius 2 is 1.69 bits per heavy atom. The molecule has 0 heterocycles. The Labute approximate surface area is 78.7 Å². The number of hydrogen-bond donors (Lipinski definition) is 0. The molecule has 0 aromatic carbocycles. The smallest absolute Gasteiger partial charge is 0.252 e. The SMILES string of the molecule is C=CC(=O)N(CCCC)C(=O)C=C. The zero-order chi connectivity index (χ0) is 10.3. The third-order valence-electron chi connectivity index (χ3n) is 1.62. The third kappa shape index (κ3) is 3.69. The molecule has 0 atom stereocenters. The number of nitrogens with zero attached hydrogens (tertiary/aromatic N) is 1. The van der Waals surface area contributed by atoms with E-state index in [4.69, 9.17) is 0 Å². The monoisotopic (exact) mass is 181 g/mol. The molecule has 0 saturated heterocycles. The van der Waals surface area contributed by atoms with E-state index in [1.54, 1.807) is 0 Å². The molecular weight excluding hydrogens is 166 g/mol.